The molecule has 3 heteroatoms. The molecule has 1 unspecified atom stereocenters. The van der Waals surface area contributed by atoms with E-state index in [2.05, 4.69) is 30.9 Å². The molecule has 96 valence electrons. The van der Waals surface area contributed by atoms with Crippen molar-refractivity contribution in [2.75, 3.05) is 11.4 Å². The van der Waals surface area contributed by atoms with Crippen LogP contribution in [0.4, 0.5) is 5.69 Å². The van der Waals surface area contributed by atoms with Gasteiger partial charge in [0.15, 0.2) is 0 Å². The van der Waals surface area contributed by atoms with E-state index in [1.807, 2.05) is 19.1 Å². The van der Waals surface area contributed by atoms with Crippen molar-refractivity contribution in [1.29, 1.82) is 5.26 Å². The van der Waals surface area contributed by atoms with Crippen LogP contribution in [0.3, 0.4) is 0 Å². The third-order valence-electron chi connectivity index (χ3n) is 3.95. The van der Waals surface area contributed by atoms with Crippen LogP contribution in [-0.4, -0.2) is 12.1 Å². The topological polar surface area (TPSA) is 27.0 Å². The monoisotopic (exact) mass is 262 g/mol. The summed E-state index contributed by atoms with van der Waals surface area (Å²) in [6.07, 6.45) is 2.02. The van der Waals surface area contributed by atoms with Crippen LogP contribution in [0.15, 0.2) is 18.2 Å². The molecule has 2 rings (SSSR count). The Balaban J connectivity index is 2.40. The molecular formula is C15H19ClN2. The summed E-state index contributed by atoms with van der Waals surface area (Å²) in [6.45, 7) is 7.32. The lowest BCUT2D eigenvalue weighted by Crippen LogP contribution is -2.50. The summed E-state index contributed by atoms with van der Waals surface area (Å²) in [4.78, 5) is 2.34. The minimum absolute atomic E-state index is 0.0861. The van der Waals surface area contributed by atoms with E-state index in [1.165, 1.54) is 0 Å². The molecule has 0 spiro atoms. The van der Waals surface area contributed by atoms with E-state index in [9.17, 15) is 0 Å². The zero-order chi connectivity index (χ0) is 13.3. The van der Waals surface area contributed by atoms with Crippen molar-refractivity contribution in [1.82, 2.24) is 0 Å². The lowest BCUT2D eigenvalue weighted by molar-refractivity contribution is 0.325. The molecule has 0 bridgehead atoms. The summed E-state index contributed by atoms with van der Waals surface area (Å²) >= 11 is 6.20. The fourth-order valence-corrected chi connectivity index (χ4v) is 2.81. The molecule has 1 heterocycles. The van der Waals surface area contributed by atoms with Crippen molar-refractivity contribution in [2.45, 2.75) is 39.2 Å². The molecule has 1 aliphatic heterocycles. The van der Waals surface area contributed by atoms with Gasteiger partial charge in [-0.05, 0) is 51.3 Å². The van der Waals surface area contributed by atoms with Crippen LogP contribution in [-0.2, 0) is 0 Å². The van der Waals surface area contributed by atoms with Gasteiger partial charge in [-0.15, -0.1) is 0 Å². The van der Waals surface area contributed by atoms with Crippen molar-refractivity contribution in [3.05, 3.63) is 28.8 Å². The predicted molar refractivity (Wildman–Crippen MR) is 76.0 cm³/mol. The molecule has 1 atom stereocenters. The van der Waals surface area contributed by atoms with E-state index < -0.39 is 0 Å². The molecule has 0 aliphatic carbocycles. The van der Waals surface area contributed by atoms with Crippen LogP contribution in [0.2, 0.25) is 5.02 Å². The highest BCUT2D eigenvalue weighted by Crippen LogP contribution is 2.37. The quantitative estimate of drug-likeness (QED) is 0.760. The Bertz CT molecular complexity index is 488. The molecular weight excluding hydrogens is 244 g/mol. The average Bonchev–Trinajstić information content (AvgIpc) is 2.33. The number of hydrogen-bond acceptors (Lipinski definition) is 2. The van der Waals surface area contributed by atoms with Gasteiger partial charge in [0, 0.05) is 22.8 Å². The molecule has 1 aromatic rings. The predicted octanol–water partition coefficient (Wildman–Crippen LogP) is 4.17. The van der Waals surface area contributed by atoms with E-state index in [0.717, 1.165) is 35.7 Å². The van der Waals surface area contributed by atoms with Gasteiger partial charge in [0.1, 0.15) is 0 Å². The van der Waals surface area contributed by atoms with Gasteiger partial charge in [-0.3, -0.25) is 0 Å². The summed E-state index contributed by atoms with van der Waals surface area (Å²) in [7, 11) is 0. The second kappa shape index (κ2) is 4.82. The van der Waals surface area contributed by atoms with Gasteiger partial charge in [-0.2, -0.15) is 5.26 Å². The SMILES string of the molecule is Cc1c(Cl)cccc1N1CC(C#N)CCC1(C)C. The van der Waals surface area contributed by atoms with Gasteiger partial charge >= 0.3 is 0 Å². The second-order valence-corrected chi connectivity index (χ2v) is 6.08. The first-order chi connectivity index (χ1) is 8.45. The minimum atomic E-state index is 0.0861. The third-order valence-corrected chi connectivity index (χ3v) is 4.36. The Morgan fingerprint density at radius 2 is 2.17 bits per heavy atom. The van der Waals surface area contributed by atoms with Crippen LogP contribution in [0.1, 0.15) is 32.3 Å². The summed E-state index contributed by atoms with van der Waals surface area (Å²) in [5, 5.41) is 9.94. The van der Waals surface area contributed by atoms with Gasteiger partial charge in [-0.25, -0.2) is 0 Å². The molecule has 1 fully saturated rings. The van der Waals surface area contributed by atoms with E-state index >= 15 is 0 Å². The third kappa shape index (κ3) is 2.33. The average molecular weight is 263 g/mol. The number of nitrogens with zero attached hydrogens (tertiary/aromatic N) is 2. The lowest BCUT2D eigenvalue weighted by atomic mass is 9.84. The normalized spacial score (nSPS) is 22.6. The zero-order valence-electron chi connectivity index (χ0n) is 11.2. The van der Waals surface area contributed by atoms with Crippen molar-refractivity contribution in [3.63, 3.8) is 0 Å². The largest absolute Gasteiger partial charge is 0.365 e. The molecule has 0 radical (unpaired) electrons. The highest BCUT2D eigenvalue weighted by molar-refractivity contribution is 6.31. The maximum Gasteiger partial charge on any atom is 0.0674 e. The number of benzene rings is 1. The van der Waals surface area contributed by atoms with E-state index in [4.69, 9.17) is 16.9 Å². The van der Waals surface area contributed by atoms with Crippen molar-refractivity contribution >= 4 is 17.3 Å². The second-order valence-electron chi connectivity index (χ2n) is 5.67. The van der Waals surface area contributed by atoms with E-state index in [1.54, 1.807) is 0 Å². The molecule has 2 nitrogen and oxygen atoms in total. The number of rotatable bonds is 1. The first-order valence-electron chi connectivity index (χ1n) is 6.38. The number of anilines is 1. The summed E-state index contributed by atoms with van der Waals surface area (Å²) in [5.74, 6) is 0.122. The van der Waals surface area contributed by atoms with Crippen LogP contribution < -0.4 is 4.90 Å². The Labute approximate surface area is 114 Å². The van der Waals surface area contributed by atoms with Crippen molar-refractivity contribution < 1.29 is 0 Å². The number of hydrogen-bond donors (Lipinski definition) is 0. The van der Waals surface area contributed by atoms with Crippen LogP contribution in [0.25, 0.3) is 0 Å². The Morgan fingerprint density at radius 1 is 1.44 bits per heavy atom. The van der Waals surface area contributed by atoms with Crippen LogP contribution in [0.5, 0.6) is 0 Å². The number of nitriles is 1. The molecule has 0 aromatic heterocycles. The van der Waals surface area contributed by atoms with Gasteiger partial charge in [0.25, 0.3) is 0 Å². The summed E-state index contributed by atoms with van der Waals surface area (Å²) in [6, 6.07) is 8.40. The first kappa shape index (κ1) is 13.2. The smallest absolute Gasteiger partial charge is 0.0674 e. The molecule has 0 N–H and O–H groups in total. The van der Waals surface area contributed by atoms with Crippen LogP contribution >= 0.6 is 11.6 Å². The van der Waals surface area contributed by atoms with Gasteiger partial charge in [0.05, 0.1) is 12.0 Å². The fourth-order valence-electron chi connectivity index (χ4n) is 2.64. The van der Waals surface area contributed by atoms with Gasteiger partial charge in [0.2, 0.25) is 0 Å². The maximum absolute atomic E-state index is 9.15. The minimum Gasteiger partial charge on any atom is -0.365 e. The Kier molecular flexibility index (Phi) is 3.54. The standard InChI is InChI=1S/C15H19ClN2/c1-11-13(16)5-4-6-14(11)18-10-12(9-17)7-8-15(18,2)3/h4-6,12H,7-8,10H2,1-3H3. The van der Waals surface area contributed by atoms with E-state index in [0.29, 0.717) is 0 Å². The number of halogens is 1. The van der Waals surface area contributed by atoms with Gasteiger partial charge in [-0.1, -0.05) is 17.7 Å². The fraction of sp³-hybridized carbons (Fsp3) is 0.533. The Morgan fingerprint density at radius 3 is 2.83 bits per heavy atom. The lowest BCUT2D eigenvalue weighted by Gasteiger charge is -2.46. The molecule has 18 heavy (non-hydrogen) atoms. The summed E-state index contributed by atoms with van der Waals surface area (Å²) in [5.41, 5.74) is 2.35. The van der Waals surface area contributed by atoms with Crippen molar-refractivity contribution in [2.24, 2.45) is 5.92 Å². The first-order valence-corrected chi connectivity index (χ1v) is 6.76. The highest BCUT2D eigenvalue weighted by Gasteiger charge is 2.35. The van der Waals surface area contributed by atoms with Crippen molar-refractivity contribution in [3.8, 4) is 6.07 Å². The summed E-state index contributed by atoms with van der Waals surface area (Å²) < 4.78 is 0. The molecule has 0 amide bonds. The maximum atomic E-state index is 9.15. The van der Waals surface area contributed by atoms with Crippen LogP contribution in [0, 0.1) is 24.2 Å². The Hall–Kier alpha value is -1.20. The highest BCUT2D eigenvalue weighted by atomic mass is 35.5. The molecule has 1 aromatic carbocycles. The zero-order valence-corrected chi connectivity index (χ0v) is 12.0. The van der Waals surface area contributed by atoms with E-state index in [-0.39, 0.29) is 11.5 Å². The molecule has 0 saturated carbocycles. The molecule has 1 saturated heterocycles. The van der Waals surface area contributed by atoms with Gasteiger partial charge < -0.3 is 4.90 Å². The number of piperidine rings is 1. The molecule has 1 aliphatic rings.